The van der Waals surface area contributed by atoms with Crippen molar-refractivity contribution < 1.29 is 28.9 Å². The van der Waals surface area contributed by atoms with Crippen LogP contribution < -0.4 is 4.74 Å². The van der Waals surface area contributed by atoms with Crippen molar-refractivity contribution in [1.29, 1.82) is 0 Å². The van der Waals surface area contributed by atoms with E-state index in [-0.39, 0.29) is 11.9 Å². The minimum Gasteiger partial charge on any atom is -0.485 e. The van der Waals surface area contributed by atoms with E-state index in [0.717, 1.165) is 24.1 Å². The van der Waals surface area contributed by atoms with Crippen molar-refractivity contribution >= 4 is 11.9 Å². The van der Waals surface area contributed by atoms with Crippen LogP contribution in [0, 0.1) is 12.7 Å². The summed E-state index contributed by atoms with van der Waals surface area (Å²) in [6, 6.07) is 14.8. The van der Waals surface area contributed by atoms with E-state index in [1.165, 1.54) is 12.1 Å². The van der Waals surface area contributed by atoms with Crippen molar-refractivity contribution in [2.45, 2.75) is 19.4 Å². The third-order valence-corrected chi connectivity index (χ3v) is 3.61. The lowest BCUT2D eigenvalue weighted by Crippen LogP contribution is -2.19. The maximum absolute atomic E-state index is 13.4. The first-order chi connectivity index (χ1) is 12.7. The Morgan fingerprint density at radius 3 is 2.19 bits per heavy atom. The normalized spacial score (nSPS) is 11.3. The molecule has 146 valence electrons. The summed E-state index contributed by atoms with van der Waals surface area (Å²) in [4.78, 5) is 20.3. The third kappa shape index (κ3) is 8.33. The summed E-state index contributed by atoms with van der Waals surface area (Å²) in [6.45, 7) is 2.84. The quantitative estimate of drug-likeness (QED) is 0.751. The zero-order valence-electron chi connectivity index (χ0n) is 15.6. The highest BCUT2D eigenvalue weighted by Crippen LogP contribution is 2.28. The first-order valence-electron chi connectivity index (χ1n) is 8.29. The SMILES string of the molecule is Cc1ccc(F)cc1OC(CCN(C)C)c1ccccc1.O=C(O)C(=O)O. The van der Waals surface area contributed by atoms with Gasteiger partial charge in [0.2, 0.25) is 0 Å². The van der Waals surface area contributed by atoms with Gasteiger partial charge in [0.25, 0.3) is 0 Å². The Hall–Kier alpha value is -2.93. The van der Waals surface area contributed by atoms with Gasteiger partial charge in [-0.3, -0.25) is 0 Å². The minimum absolute atomic E-state index is 0.0749. The molecule has 0 aromatic heterocycles. The molecular formula is C20H24FNO5. The number of carbonyl (C=O) groups is 2. The van der Waals surface area contributed by atoms with E-state index in [0.29, 0.717) is 5.75 Å². The Morgan fingerprint density at radius 1 is 1.07 bits per heavy atom. The van der Waals surface area contributed by atoms with Crippen LogP contribution in [0.3, 0.4) is 0 Å². The molecule has 2 aromatic rings. The Labute approximate surface area is 157 Å². The minimum atomic E-state index is -1.82. The summed E-state index contributed by atoms with van der Waals surface area (Å²) in [6.07, 6.45) is 0.779. The third-order valence-electron chi connectivity index (χ3n) is 3.61. The predicted molar refractivity (Wildman–Crippen MR) is 99.4 cm³/mol. The van der Waals surface area contributed by atoms with Crippen LogP contribution >= 0.6 is 0 Å². The van der Waals surface area contributed by atoms with Crippen LogP contribution in [-0.4, -0.2) is 47.7 Å². The average molecular weight is 377 g/mol. The molecule has 0 radical (unpaired) electrons. The Morgan fingerprint density at radius 2 is 1.67 bits per heavy atom. The van der Waals surface area contributed by atoms with Gasteiger partial charge in [-0.1, -0.05) is 36.4 Å². The Bertz CT molecular complexity index is 737. The number of rotatable bonds is 6. The van der Waals surface area contributed by atoms with Crippen LogP contribution in [0.5, 0.6) is 5.75 Å². The number of hydrogen-bond acceptors (Lipinski definition) is 4. The van der Waals surface area contributed by atoms with E-state index in [1.54, 1.807) is 6.07 Å². The van der Waals surface area contributed by atoms with Crippen LogP contribution in [0.15, 0.2) is 48.5 Å². The number of aliphatic carboxylic acids is 2. The molecule has 0 bridgehead atoms. The molecule has 0 spiro atoms. The molecule has 7 heteroatoms. The van der Waals surface area contributed by atoms with Crippen molar-refractivity contribution in [2.75, 3.05) is 20.6 Å². The van der Waals surface area contributed by atoms with Gasteiger partial charge in [-0.25, -0.2) is 14.0 Å². The van der Waals surface area contributed by atoms with E-state index in [2.05, 4.69) is 17.0 Å². The van der Waals surface area contributed by atoms with Gasteiger partial charge >= 0.3 is 11.9 Å². The van der Waals surface area contributed by atoms with Gasteiger partial charge in [-0.2, -0.15) is 0 Å². The molecule has 0 saturated carbocycles. The van der Waals surface area contributed by atoms with Gasteiger partial charge in [-0.05, 0) is 38.2 Å². The molecule has 0 aliphatic heterocycles. The Kier molecular flexibility index (Phi) is 8.95. The predicted octanol–water partition coefficient (Wildman–Crippen LogP) is 3.36. The van der Waals surface area contributed by atoms with Crippen LogP contribution in [0.1, 0.15) is 23.7 Å². The van der Waals surface area contributed by atoms with E-state index in [4.69, 9.17) is 24.5 Å². The van der Waals surface area contributed by atoms with E-state index >= 15 is 0 Å². The lowest BCUT2D eigenvalue weighted by Gasteiger charge is -2.22. The second-order valence-corrected chi connectivity index (χ2v) is 6.13. The maximum atomic E-state index is 13.4. The largest absolute Gasteiger partial charge is 0.485 e. The summed E-state index contributed by atoms with van der Waals surface area (Å²) in [5, 5.41) is 14.8. The summed E-state index contributed by atoms with van der Waals surface area (Å²) in [5.41, 5.74) is 2.06. The van der Waals surface area contributed by atoms with Gasteiger partial charge in [0.15, 0.2) is 0 Å². The second-order valence-electron chi connectivity index (χ2n) is 6.13. The van der Waals surface area contributed by atoms with E-state index < -0.39 is 11.9 Å². The number of nitrogens with zero attached hydrogens (tertiary/aromatic N) is 1. The van der Waals surface area contributed by atoms with Crippen molar-refractivity contribution in [3.8, 4) is 5.75 Å². The van der Waals surface area contributed by atoms with E-state index in [1.807, 2.05) is 39.2 Å². The standard InChI is InChI=1S/C18H22FNO.C2H2O4/c1-14-9-10-16(19)13-18(14)21-17(11-12-20(2)3)15-7-5-4-6-8-15;3-1(4)2(5)6/h4-10,13,17H,11-12H2,1-3H3;(H,3,4)(H,5,6). The number of aryl methyl sites for hydroxylation is 1. The highest BCUT2D eigenvalue weighted by molar-refractivity contribution is 6.27. The highest BCUT2D eigenvalue weighted by atomic mass is 19.1. The van der Waals surface area contributed by atoms with Gasteiger partial charge in [0, 0.05) is 19.0 Å². The van der Waals surface area contributed by atoms with Crippen LogP contribution in [0.4, 0.5) is 4.39 Å². The van der Waals surface area contributed by atoms with Crippen molar-refractivity contribution in [3.05, 3.63) is 65.5 Å². The van der Waals surface area contributed by atoms with Gasteiger partial charge in [0.05, 0.1) is 0 Å². The molecule has 1 atom stereocenters. The summed E-state index contributed by atoms with van der Waals surface area (Å²) in [7, 11) is 4.07. The maximum Gasteiger partial charge on any atom is 0.414 e. The van der Waals surface area contributed by atoms with Crippen LogP contribution in [-0.2, 0) is 9.59 Å². The number of benzene rings is 2. The monoisotopic (exact) mass is 377 g/mol. The fourth-order valence-corrected chi connectivity index (χ4v) is 2.19. The van der Waals surface area contributed by atoms with Crippen LogP contribution in [0.25, 0.3) is 0 Å². The fraction of sp³-hybridized carbons (Fsp3) is 0.300. The van der Waals surface area contributed by atoms with Gasteiger partial charge < -0.3 is 19.8 Å². The molecule has 0 aliphatic carbocycles. The first-order valence-corrected chi connectivity index (χ1v) is 8.29. The summed E-state index contributed by atoms with van der Waals surface area (Å²) >= 11 is 0. The molecule has 1 unspecified atom stereocenters. The van der Waals surface area contributed by atoms with Crippen molar-refractivity contribution in [2.24, 2.45) is 0 Å². The lowest BCUT2D eigenvalue weighted by molar-refractivity contribution is -0.159. The molecular weight excluding hydrogens is 353 g/mol. The zero-order chi connectivity index (χ0) is 20.4. The fourth-order valence-electron chi connectivity index (χ4n) is 2.19. The van der Waals surface area contributed by atoms with Gasteiger partial charge in [0.1, 0.15) is 17.7 Å². The molecule has 6 nitrogen and oxygen atoms in total. The first kappa shape index (κ1) is 22.1. The molecule has 0 heterocycles. The summed E-state index contributed by atoms with van der Waals surface area (Å²) < 4.78 is 19.5. The molecule has 0 amide bonds. The van der Waals surface area contributed by atoms with Gasteiger partial charge in [-0.15, -0.1) is 0 Å². The van der Waals surface area contributed by atoms with Crippen LogP contribution in [0.2, 0.25) is 0 Å². The number of halogens is 1. The summed E-state index contributed by atoms with van der Waals surface area (Å²) in [5.74, 6) is -3.30. The number of carboxylic acids is 2. The molecule has 2 N–H and O–H groups in total. The lowest BCUT2D eigenvalue weighted by atomic mass is 10.1. The number of carboxylic acid groups (broad SMARTS) is 2. The zero-order valence-corrected chi connectivity index (χ0v) is 15.6. The van der Waals surface area contributed by atoms with Crippen molar-refractivity contribution in [3.63, 3.8) is 0 Å². The topological polar surface area (TPSA) is 87.1 Å². The number of hydrogen-bond donors (Lipinski definition) is 2. The molecule has 27 heavy (non-hydrogen) atoms. The number of ether oxygens (including phenoxy) is 1. The molecule has 2 rings (SSSR count). The smallest absolute Gasteiger partial charge is 0.414 e. The Balaban J connectivity index is 0.000000527. The highest BCUT2D eigenvalue weighted by Gasteiger charge is 2.15. The van der Waals surface area contributed by atoms with E-state index in [9.17, 15) is 4.39 Å². The molecule has 0 saturated heterocycles. The average Bonchev–Trinajstić information content (AvgIpc) is 2.62. The molecule has 2 aromatic carbocycles. The molecule has 0 fully saturated rings. The molecule has 0 aliphatic rings. The van der Waals surface area contributed by atoms with Crippen molar-refractivity contribution in [1.82, 2.24) is 4.90 Å². The second kappa shape index (κ2) is 10.9.